The van der Waals surface area contributed by atoms with Crippen molar-refractivity contribution in [1.82, 2.24) is 0 Å². The molecule has 4 nitrogen and oxygen atoms in total. The third kappa shape index (κ3) is 3.11. The summed E-state index contributed by atoms with van der Waals surface area (Å²) < 4.78 is 4.83. The molecule has 0 saturated heterocycles. The van der Waals surface area contributed by atoms with E-state index in [0.717, 1.165) is 10.6 Å². The van der Waals surface area contributed by atoms with Crippen LogP contribution in [0.4, 0.5) is 0 Å². The summed E-state index contributed by atoms with van der Waals surface area (Å²) in [4.78, 5) is 16.2. The van der Waals surface area contributed by atoms with Crippen LogP contribution in [-0.2, 0) is 9.53 Å². The van der Waals surface area contributed by atoms with E-state index in [9.17, 15) is 9.90 Å². The van der Waals surface area contributed by atoms with Crippen molar-refractivity contribution >= 4 is 23.9 Å². The largest absolute Gasteiger partial charge is 0.468 e. The molecule has 20 heavy (non-hydrogen) atoms. The highest BCUT2D eigenvalue weighted by Crippen LogP contribution is 2.30. The van der Waals surface area contributed by atoms with Crippen molar-refractivity contribution in [2.45, 2.75) is 12.0 Å². The number of hydrogen-bond donors (Lipinski definition) is 1. The molecule has 0 saturated carbocycles. The second-order valence-corrected chi connectivity index (χ2v) is 5.29. The molecule has 0 aromatic heterocycles. The molecule has 1 heterocycles. The number of benzene rings is 1. The van der Waals surface area contributed by atoms with Crippen molar-refractivity contribution in [3.63, 3.8) is 0 Å². The summed E-state index contributed by atoms with van der Waals surface area (Å²) in [5.41, 5.74) is 0.742. The Morgan fingerprint density at radius 1 is 1.40 bits per heavy atom. The first-order chi connectivity index (χ1) is 9.67. The molecule has 0 fully saturated rings. The zero-order valence-electron chi connectivity index (χ0n) is 11.4. The van der Waals surface area contributed by atoms with Crippen LogP contribution in [0.5, 0.6) is 0 Å². The number of hydrogen-bond acceptors (Lipinski definition) is 5. The number of carbonyl (C=O) groups is 1. The van der Waals surface area contributed by atoms with E-state index in [4.69, 9.17) is 4.74 Å². The van der Waals surface area contributed by atoms with E-state index in [0.29, 0.717) is 0 Å². The summed E-state index contributed by atoms with van der Waals surface area (Å²) in [6.07, 6.45) is 4.58. The van der Waals surface area contributed by atoms with Gasteiger partial charge in [0.05, 0.1) is 18.2 Å². The minimum atomic E-state index is -0.891. The van der Waals surface area contributed by atoms with Crippen LogP contribution in [0, 0.1) is 5.92 Å². The van der Waals surface area contributed by atoms with Gasteiger partial charge >= 0.3 is 5.97 Å². The van der Waals surface area contributed by atoms with Gasteiger partial charge in [-0.2, -0.15) is 0 Å². The van der Waals surface area contributed by atoms with Gasteiger partial charge in [-0.1, -0.05) is 30.3 Å². The zero-order valence-corrected chi connectivity index (χ0v) is 12.2. The Labute approximate surface area is 122 Å². The molecule has 0 amide bonds. The fourth-order valence-electron chi connectivity index (χ4n) is 2.20. The third-order valence-electron chi connectivity index (χ3n) is 3.27. The Hall–Kier alpha value is -1.59. The van der Waals surface area contributed by atoms with Crippen molar-refractivity contribution in [3.05, 3.63) is 47.0 Å². The monoisotopic (exact) mass is 291 g/mol. The molecule has 2 rings (SSSR count). The van der Waals surface area contributed by atoms with E-state index in [1.165, 1.54) is 18.9 Å². The van der Waals surface area contributed by atoms with Gasteiger partial charge in [-0.3, -0.25) is 9.79 Å². The Morgan fingerprint density at radius 3 is 2.65 bits per heavy atom. The molecule has 1 aliphatic rings. The Morgan fingerprint density at radius 2 is 2.10 bits per heavy atom. The molecule has 0 aliphatic carbocycles. The van der Waals surface area contributed by atoms with Gasteiger partial charge in [-0.15, -0.1) is 11.8 Å². The number of nitrogens with zero attached hydrogens (tertiary/aromatic N) is 1. The molecule has 1 aliphatic heterocycles. The first-order valence-electron chi connectivity index (χ1n) is 6.28. The quantitative estimate of drug-likeness (QED) is 0.845. The summed E-state index contributed by atoms with van der Waals surface area (Å²) in [7, 11) is 1.33. The van der Waals surface area contributed by atoms with Gasteiger partial charge in [0.2, 0.25) is 0 Å². The predicted octanol–water partition coefficient (Wildman–Crippen LogP) is 2.21. The summed E-state index contributed by atoms with van der Waals surface area (Å²) in [5, 5.41) is 11.4. The average Bonchev–Trinajstić information content (AvgIpc) is 2.97. The molecule has 0 radical (unpaired) electrons. The van der Waals surface area contributed by atoms with E-state index in [1.54, 1.807) is 6.21 Å². The van der Waals surface area contributed by atoms with Gasteiger partial charge in [0, 0.05) is 12.1 Å². The first kappa shape index (κ1) is 14.8. The molecule has 1 aromatic rings. The van der Waals surface area contributed by atoms with Gasteiger partial charge in [-0.25, -0.2) is 0 Å². The molecule has 0 bridgehead atoms. The summed E-state index contributed by atoms with van der Waals surface area (Å²) in [6.45, 7) is 0. The fraction of sp³-hybridized carbons (Fsp3) is 0.333. The van der Waals surface area contributed by atoms with E-state index in [-0.39, 0.29) is 5.92 Å². The minimum Gasteiger partial charge on any atom is -0.468 e. The topological polar surface area (TPSA) is 58.9 Å². The first-order valence-corrected chi connectivity index (χ1v) is 7.50. The minimum absolute atomic E-state index is 0.276. The lowest BCUT2D eigenvalue weighted by Gasteiger charge is -2.23. The second kappa shape index (κ2) is 6.72. The van der Waals surface area contributed by atoms with Crippen LogP contribution in [0.25, 0.3) is 0 Å². The average molecular weight is 291 g/mol. The standard InChI is InChI=1S/C15H17NO3S/c1-19-15(18)13(10-6-4-3-5-7-10)14(17)11-8-12(20-2)16-9-11/h3-9,11,13-14,17H,1-2H3. The smallest absolute Gasteiger partial charge is 0.315 e. The van der Waals surface area contributed by atoms with E-state index in [1.807, 2.05) is 42.7 Å². The van der Waals surface area contributed by atoms with E-state index >= 15 is 0 Å². The number of thioether (sulfide) groups is 1. The number of aliphatic hydroxyl groups is 1. The van der Waals surface area contributed by atoms with Gasteiger partial charge in [-0.05, 0) is 17.9 Å². The summed E-state index contributed by atoms with van der Waals surface area (Å²) in [6, 6.07) is 9.17. The number of ether oxygens (including phenoxy) is 1. The van der Waals surface area contributed by atoms with Crippen LogP contribution < -0.4 is 0 Å². The number of rotatable bonds is 5. The van der Waals surface area contributed by atoms with Crippen LogP contribution in [0.15, 0.2) is 46.4 Å². The zero-order chi connectivity index (χ0) is 14.5. The highest BCUT2D eigenvalue weighted by molar-refractivity contribution is 8.02. The molecule has 106 valence electrons. The number of methoxy groups -OCH3 is 1. The lowest BCUT2D eigenvalue weighted by Crippen LogP contribution is -2.33. The van der Waals surface area contributed by atoms with Crippen LogP contribution in [-0.4, -0.2) is 36.8 Å². The van der Waals surface area contributed by atoms with Crippen LogP contribution >= 0.6 is 11.8 Å². The third-order valence-corrected chi connectivity index (χ3v) is 3.93. The van der Waals surface area contributed by atoms with Gasteiger partial charge < -0.3 is 9.84 Å². The fourth-order valence-corrected chi connectivity index (χ4v) is 2.66. The van der Waals surface area contributed by atoms with Crippen molar-refractivity contribution in [3.8, 4) is 0 Å². The maximum absolute atomic E-state index is 12.0. The Bertz CT molecular complexity index is 527. The normalized spacial score (nSPS) is 20.4. The maximum Gasteiger partial charge on any atom is 0.315 e. The number of esters is 1. The van der Waals surface area contributed by atoms with Crippen LogP contribution in [0.1, 0.15) is 11.5 Å². The molecular formula is C15H17NO3S. The molecule has 0 spiro atoms. The van der Waals surface area contributed by atoms with Gasteiger partial charge in [0.25, 0.3) is 0 Å². The molecule has 1 aromatic carbocycles. The molecule has 5 heteroatoms. The SMILES string of the molecule is COC(=O)C(c1ccccc1)C(O)C1C=NC(SC)=C1. The van der Waals surface area contributed by atoms with Crippen molar-refractivity contribution in [1.29, 1.82) is 0 Å². The van der Waals surface area contributed by atoms with Gasteiger partial charge in [0.15, 0.2) is 0 Å². The number of carbonyl (C=O) groups excluding carboxylic acids is 1. The Balaban J connectivity index is 2.26. The molecule has 3 atom stereocenters. The van der Waals surface area contributed by atoms with Crippen molar-refractivity contribution in [2.24, 2.45) is 10.9 Å². The Kier molecular flexibility index (Phi) is 4.98. The molecular weight excluding hydrogens is 274 g/mol. The summed E-state index contributed by atoms with van der Waals surface area (Å²) >= 11 is 1.51. The highest BCUT2D eigenvalue weighted by atomic mass is 32.2. The number of aliphatic imine (C=N–C) groups is 1. The maximum atomic E-state index is 12.0. The highest BCUT2D eigenvalue weighted by Gasteiger charge is 2.34. The lowest BCUT2D eigenvalue weighted by atomic mass is 9.86. The predicted molar refractivity (Wildman–Crippen MR) is 80.8 cm³/mol. The lowest BCUT2D eigenvalue weighted by molar-refractivity contribution is -0.145. The van der Waals surface area contributed by atoms with Crippen molar-refractivity contribution < 1.29 is 14.6 Å². The second-order valence-electron chi connectivity index (χ2n) is 4.47. The van der Waals surface area contributed by atoms with Gasteiger partial charge in [0.1, 0.15) is 5.92 Å². The van der Waals surface area contributed by atoms with Crippen LogP contribution in [0.2, 0.25) is 0 Å². The number of aliphatic hydroxyl groups excluding tert-OH is 1. The van der Waals surface area contributed by atoms with Crippen LogP contribution in [0.3, 0.4) is 0 Å². The summed E-state index contributed by atoms with van der Waals surface area (Å²) in [5.74, 6) is -1.43. The molecule has 1 N–H and O–H groups in total. The van der Waals surface area contributed by atoms with E-state index < -0.39 is 18.0 Å². The van der Waals surface area contributed by atoms with E-state index in [2.05, 4.69) is 4.99 Å². The molecule has 3 unspecified atom stereocenters. The van der Waals surface area contributed by atoms with Crippen molar-refractivity contribution in [2.75, 3.05) is 13.4 Å².